The summed E-state index contributed by atoms with van der Waals surface area (Å²) in [6.07, 6.45) is 4.40. The van der Waals surface area contributed by atoms with Crippen LogP contribution in [0.5, 0.6) is 0 Å². The highest BCUT2D eigenvalue weighted by Crippen LogP contribution is 2.38. The highest BCUT2D eigenvalue weighted by Gasteiger charge is 2.48. The first-order valence-corrected chi connectivity index (χ1v) is 13.5. The van der Waals surface area contributed by atoms with E-state index in [0.29, 0.717) is 17.2 Å². The van der Waals surface area contributed by atoms with E-state index in [9.17, 15) is 26.4 Å². The number of benzene rings is 1. The van der Waals surface area contributed by atoms with Gasteiger partial charge in [0.15, 0.2) is 5.78 Å². The third-order valence-electron chi connectivity index (χ3n) is 6.93. The van der Waals surface area contributed by atoms with Crippen molar-refractivity contribution in [1.82, 2.24) is 19.3 Å². The topological polar surface area (TPSA) is 93.1 Å². The van der Waals surface area contributed by atoms with Crippen LogP contribution >= 0.6 is 0 Å². The third-order valence-corrected chi connectivity index (χ3v) is 8.94. The largest absolute Gasteiger partial charge is 0.298 e. The number of hydrogen-bond donors (Lipinski definition) is 0. The number of rotatable bonds is 8. The average Bonchev–Trinajstić information content (AvgIpc) is 3.69. The predicted molar refractivity (Wildman–Crippen MR) is 129 cm³/mol. The number of aromatic nitrogens is 3. The van der Waals surface area contributed by atoms with Gasteiger partial charge in [-0.25, -0.2) is 31.6 Å². The maximum absolute atomic E-state index is 14.6. The fraction of sp³-hybridized carbons (Fsp3) is 0.385. The Morgan fingerprint density at radius 3 is 2.38 bits per heavy atom. The first-order valence-electron chi connectivity index (χ1n) is 12.1. The molecule has 1 aliphatic heterocycles. The highest BCUT2D eigenvalue weighted by atomic mass is 32.2. The summed E-state index contributed by atoms with van der Waals surface area (Å²) in [7, 11) is -4.26. The van der Waals surface area contributed by atoms with Crippen LogP contribution < -0.4 is 0 Å². The molecular formula is C26H25F3N4O3S. The number of carbonyl (C=O) groups is 1. The van der Waals surface area contributed by atoms with Crippen LogP contribution in [0.25, 0.3) is 11.3 Å². The zero-order valence-electron chi connectivity index (χ0n) is 20.0. The summed E-state index contributed by atoms with van der Waals surface area (Å²) in [5.41, 5.74) is 1.28. The molecule has 2 aromatic heterocycles. The van der Waals surface area contributed by atoms with Gasteiger partial charge in [0, 0.05) is 36.7 Å². The molecule has 1 saturated heterocycles. The Hall–Kier alpha value is -3.18. The van der Waals surface area contributed by atoms with Gasteiger partial charge in [0.1, 0.15) is 23.6 Å². The van der Waals surface area contributed by atoms with Crippen molar-refractivity contribution < 1.29 is 26.4 Å². The molecule has 0 radical (unpaired) electrons. The number of aryl methyl sites for hydroxylation is 1. The number of sulfonamides is 1. The molecule has 1 aliphatic carbocycles. The summed E-state index contributed by atoms with van der Waals surface area (Å²) >= 11 is 0. The number of Topliss-reactive ketones (excluding diaryl/α,β-unsaturated/α-hetero) is 1. The third kappa shape index (κ3) is 5.15. The van der Waals surface area contributed by atoms with Gasteiger partial charge < -0.3 is 0 Å². The molecule has 3 atom stereocenters. The van der Waals surface area contributed by atoms with E-state index in [1.165, 1.54) is 13.0 Å². The Balaban J connectivity index is 1.33. The van der Waals surface area contributed by atoms with Gasteiger partial charge in [-0.05, 0) is 62.1 Å². The van der Waals surface area contributed by atoms with Crippen LogP contribution in [0.3, 0.4) is 0 Å². The lowest BCUT2D eigenvalue weighted by atomic mass is 10.0. The van der Waals surface area contributed by atoms with Gasteiger partial charge in [-0.2, -0.15) is 4.31 Å². The summed E-state index contributed by atoms with van der Waals surface area (Å²) in [6, 6.07) is 3.34. The summed E-state index contributed by atoms with van der Waals surface area (Å²) in [4.78, 5) is 25.7. The van der Waals surface area contributed by atoms with E-state index in [2.05, 4.69) is 15.0 Å². The normalized spacial score (nSPS) is 22.3. The van der Waals surface area contributed by atoms with Gasteiger partial charge in [-0.15, -0.1) is 0 Å². The minimum Gasteiger partial charge on any atom is -0.298 e. The van der Waals surface area contributed by atoms with Crippen molar-refractivity contribution >= 4 is 15.8 Å². The Labute approximate surface area is 212 Å². The van der Waals surface area contributed by atoms with E-state index in [1.807, 2.05) is 0 Å². The van der Waals surface area contributed by atoms with Crippen LogP contribution in [0.2, 0.25) is 0 Å². The molecular weight excluding hydrogens is 505 g/mol. The van der Waals surface area contributed by atoms with E-state index in [1.54, 1.807) is 12.4 Å². The number of nitrogens with zero attached hydrogens (tertiary/aromatic N) is 4. The second kappa shape index (κ2) is 9.94. The van der Waals surface area contributed by atoms with Crippen LogP contribution in [0.4, 0.5) is 13.2 Å². The van der Waals surface area contributed by atoms with Crippen molar-refractivity contribution in [1.29, 1.82) is 0 Å². The number of pyridine rings is 1. The maximum atomic E-state index is 14.6. The van der Waals surface area contributed by atoms with Gasteiger partial charge in [0.05, 0.1) is 28.9 Å². The monoisotopic (exact) mass is 530 g/mol. The fourth-order valence-electron chi connectivity index (χ4n) is 4.62. The van der Waals surface area contributed by atoms with Gasteiger partial charge in [0.2, 0.25) is 10.0 Å². The minimum absolute atomic E-state index is 0.0204. The van der Waals surface area contributed by atoms with Crippen LogP contribution in [0, 0.1) is 11.6 Å². The summed E-state index contributed by atoms with van der Waals surface area (Å²) in [6.45, 7) is 1.39. The van der Waals surface area contributed by atoms with E-state index >= 15 is 0 Å². The fourth-order valence-corrected chi connectivity index (χ4v) is 6.45. The first-order chi connectivity index (χ1) is 17.6. The Kier molecular flexibility index (Phi) is 6.84. The van der Waals surface area contributed by atoms with E-state index in [0.717, 1.165) is 53.4 Å². The molecule has 11 heteroatoms. The molecule has 0 N–H and O–H groups in total. The number of halogens is 3. The van der Waals surface area contributed by atoms with Crippen LogP contribution in [-0.2, 0) is 21.2 Å². The van der Waals surface area contributed by atoms with Gasteiger partial charge in [-0.3, -0.25) is 9.78 Å². The maximum Gasteiger partial charge on any atom is 0.244 e. The van der Waals surface area contributed by atoms with Gasteiger partial charge in [0.25, 0.3) is 0 Å². The summed E-state index contributed by atoms with van der Waals surface area (Å²) in [5.74, 6) is -0.577. The first kappa shape index (κ1) is 25.5. The van der Waals surface area contributed by atoms with Crippen LogP contribution in [0.1, 0.15) is 49.9 Å². The van der Waals surface area contributed by atoms with Crippen LogP contribution in [0.15, 0.2) is 53.8 Å². The molecule has 2 aliphatic rings. The van der Waals surface area contributed by atoms with Crippen molar-refractivity contribution in [2.24, 2.45) is 0 Å². The zero-order chi connectivity index (χ0) is 26.3. The number of carbonyl (C=O) groups excluding carboxylic acids is 1. The molecule has 5 rings (SSSR count). The Morgan fingerprint density at radius 1 is 1.05 bits per heavy atom. The lowest BCUT2D eigenvalue weighted by Crippen LogP contribution is -2.44. The molecule has 1 saturated carbocycles. The molecule has 0 amide bonds. The van der Waals surface area contributed by atoms with Crippen molar-refractivity contribution in [3.63, 3.8) is 0 Å². The van der Waals surface area contributed by atoms with Crippen molar-refractivity contribution in [3.8, 4) is 11.3 Å². The predicted octanol–water partition coefficient (Wildman–Crippen LogP) is 4.39. The van der Waals surface area contributed by atoms with Gasteiger partial charge >= 0.3 is 0 Å². The molecule has 1 aromatic carbocycles. The molecule has 37 heavy (non-hydrogen) atoms. The van der Waals surface area contributed by atoms with Gasteiger partial charge in [-0.1, -0.05) is 0 Å². The van der Waals surface area contributed by atoms with Crippen molar-refractivity contribution in [2.45, 2.75) is 68.1 Å². The highest BCUT2D eigenvalue weighted by molar-refractivity contribution is 7.89. The SMILES string of the molecule is C[C@H]1[C@H](F)C[C@@H](C(=O)CCc2cc(-c3cnc(C4CC4)nc3)ncc2F)N1S(=O)(=O)c1ccc(F)cc1. The lowest BCUT2D eigenvalue weighted by molar-refractivity contribution is -0.122. The zero-order valence-corrected chi connectivity index (χ0v) is 20.8. The van der Waals surface area contributed by atoms with Crippen LogP contribution in [-0.4, -0.2) is 51.7 Å². The molecule has 3 aromatic rings. The van der Waals surface area contributed by atoms with Crippen molar-refractivity contribution in [3.05, 3.63) is 71.9 Å². The number of alkyl halides is 1. The quantitative estimate of drug-likeness (QED) is 0.429. The smallest absolute Gasteiger partial charge is 0.244 e. The molecule has 194 valence electrons. The molecule has 0 spiro atoms. The molecule has 7 nitrogen and oxygen atoms in total. The Bertz CT molecular complexity index is 1410. The standard InChI is InChI=1S/C26H25F3N4O3S/c1-15-21(28)11-24(33(15)37(35,36)20-7-5-19(27)6-8-20)25(34)9-4-17-10-23(30-14-22(17)29)18-12-31-26(32-13-18)16-2-3-16/h5-8,10,12-16,21,24H,2-4,9,11H2,1H3/t15-,21+,24-/m0/s1. The van der Waals surface area contributed by atoms with E-state index < -0.39 is 45.7 Å². The molecule has 0 unspecified atom stereocenters. The Morgan fingerprint density at radius 2 is 1.73 bits per heavy atom. The second-order valence-corrected chi connectivity index (χ2v) is 11.4. The number of hydrogen-bond acceptors (Lipinski definition) is 6. The van der Waals surface area contributed by atoms with E-state index in [-0.39, 0.29) is 29.7 Å². The molecule has 0 bridgehead atoms. The summed E-state index contributed by atoms with van der Waals surface area (Å²) in [5, 5.41) is 0. The molecule has 2 fully saturated rings. The minimum atomic E-state index is -4.26. The average molecular weight is 531 g/mol. The second-order valence-electron chi connectivity index (χ2n) is 9.53. The number of ketones is 1. The lowest BCUT2D eigenvalue weighted by Gasteiger charge is -2.26. The van der Waals surface area contributed by atoms with Crippen molar-refractivity contribution in [2.75, 3.05) is 0 Å². The van der Waals surface area contributed by atoms with E-state index in [4.69, 9.17) is 0 Å². The summed E-state index contributed by atoms with van der Waals surface area (Å²) < 4.78 is 69.8. The molecule has 3 heterocycles.